The number of nitrogens with zero attached hydrogens (tertiary/aromatic N) is 1. The monoisotopic (exact) mass is 450 g/mol. The Morgan fingerprint density at radius 1 is 1.17 bits per heavy atom. The molecule has 30 heavy (non-hydrogen) atoms. The highest BCUT2D eigenvalue weighted by Crippen LogP contribution is 2.24. The van der Waals surface area contributed by atoms with Gasteiger partial charge >= 0.3 is 0 Å². The molecule has 1 unspecified atom stereocenters. The number of thioether (sulfide) groups is 1. The van der Waals surface area contributed by atoms with Crippen molar-refractivity contribution < 1.29 is 14.0 Å². The topological polar surface area (TPSA) is 49.4 Å². The van der Waals surface area contributed by atoms with Crippen LogP contribution in [0.25, 0.3) is 0 Å². The van der Waals surface area contributed by atoms with Gasteiger partial charge in [0.25, 0.3) is 0 Å². The van der Waals surface area contributed by atoms with Gasteiger partial charge in [-0.2, -0.15) is 0 Å². The number of rotatable bonds is 10. The standard InChI is InChI=1S/C23H28ClFN2O2S/c1-4-21(23(29)26-5-2)27(13-17-11-9-16(3)10-12-17)22(28)15-30-14-18-19(24)7-6-8-20(18)25/h6-12,21H,4-5,13-15H2,1-3H3,(H,26,29). The number of carbonyl (C=O) groups is 2. The average molecular weight is 451 g/mol. The second kappa shape index (κ2) is 12.0. The van der Waals surface area contributed by atoms with E-state index in [1.54, 1.807) is 17.0 Å². The van der Waals surface area contributed by atoms with Gasteiger partial charge in [-0.25, -0.2) is 4.39 Å². The Bertz CT molecular complexity index is 841. The average Bonchev–Trinajstić information content (AvgIpc) is 2.71. The second-order valence-electron chi connectivity index (χ2n) is 7.02. The molecule has 2 aromatic carbocycles. The van der Waals surface area contributed by atoms with E-state index < -0.39 is 6.04 Å². The zero-order valence-electron chi connectivity index (χ0n) is 17.6. The number of nitrogens with one attached hydrogen (secondary N) is 1. The van der Waals surface area contributed by atoms with Gasteiger partial charge in [-0.1, -0.05) is 54.4 Å². The van der Waals surface area contributed by atoms with Gasteiger partial charge in [-0.05, 0) is 38.0 Å². The molecule has 4 nitrogen and oxygen atoms in total. The first kappa shape index (κ1) is 24.2. The Labute approximate surface area is 187 Å². The molecule has 0 aliphatic carbocycles. The van der Waals surface area contributed by atoms with E-state index in [0.29, 0.717) is 30.1 Å². The van der Waals surface area contributed by atoms with Crippen LogP contribution >= 0.6 is 23.4 Å². The molecule has 0 saturated carbocycles. The Morgan fingerprint density at radius 2 is 1.87 bits per heavy atom. The SMILES string of the molecule is CCNC(=O)C(CC)N(Cc1ccc(C)cc1)C(=O)CSCc1c(F)cccc1Cl. The van der Waals surface area contributed by atoms with E-state index in [0.717, 1.165) is 11.1 Å². The number of aryl methyl sites for hydroxylation is 1. The number of carbonyl (C=O) groups excluding carboxylic acids is 2. The smallest absolute Gasteiger partial charge is 0.242 e. The number of amides is 2. The van der Waals surface area contributed by atoms with E-state index in [1.807, 2.05) is 45.0 Å². The molecule has 162 valence electrons. The van der Waals surface area contributed by atoms with Gasteiger partial charge in [-0.15, -0.1) is 11.8 Å². The molecule has 1 atom stereocenters. The molecule has 0 aliphatic rings. The summed E-state index contributed by atoms with van der Waals surface area (Å²) in [6.07, 6.45) is 0.507. The number of likely N-dealkylation sites (N-methyl/N-ethyl adjacent to an activating group) is 1. The zero-order valence-corrected chi connectivity index (χ0v) is 19.2. The summed E-state index contributed by atoms with van der Waals surface area (Å²) in [4.78, 5) is 27.3. The maximum Gasteiger partial charge on any atom is 0.242 e. The van der Waals surface area contributed by atoms with Crippen molar-refractivity contribution in [3.05, 3.63) is 70.0 Å². The van der Waals surface area contributed by atoms with E-state index >= 15 is 0 Å². The van der Waals surface area contributed by atoms with E-state index in [9.17, 15) is 14.0 Å². The summed E-state index contributed by atoms with van der Waals surface area (Å²) in [5.74, 6) is -0.290. The number of hydrogen-bond acceptors (Lipinski definition) is 3. The van der Waals surface area contributed by atoms with Crippen LogP contribution in [-0.2, 0) is 21.9 Å². The van der Waals surface area contributed by atoms with Crippen LogP contribution in [0.1, 0.15) is 37.0 Å². The lowest BCUT2D eigenvalue weighted by Gasteiger charge is -2.30. The molecule has 0 aliphatic heterocycles. The highest BCUT2D eigenvalue weighted by molar-refractivity contribution is 7.99. The molecule has 0 saturated heterocycles. The second-order valence-corrected chi connectivity index (χ2v) is 8.41. The highest BCUT2D eigenvalue weighted by Gasteiger charge is 2.28. The number of benzene rings is 2. The molecular weight excluding hydrogens is 423 g/mol. The van der Waals surface area contributed by atoms with Crippen LogP contribution in [0.3, 0.4) is 0 Å². The van der Waals surface area contributed by atoms with Crippen molar-refractivity contribution in [1.82, 2.24) is 10.2 Å². The molecule has 2 aromatic rings. The van der Waals surface area contributed by atoms with Crippen molar-refractivity contribution >= 4 is 35.2 Å². The Balaban J connectivity index is 2.14. The highest BCUT2D eigenvalue weighted by atomic mass is 35.5. The molecular formula is C23H28ClFN2O2S. The normalized spacial score (nSPS) is 11.8. The predicted molar refractivity (Wildman–Crippen MR) is 122 cm³/mol. The molecule has 0 heterocycles. The third kappa shape index (κ3) is 6.74. The Hall–Kier alpha value is -2.05. The van der Waals surface area contributed by atoms with Gasteiger partial charge in [0.1, 0.15) is 11.9 Å². The van der Waals surface area contributed by atoms with Crippen molar-refractivity contribution in [3.63, 3.8) is 0 Å². The molecule has 1 N–H and O–H groups in total. The summed E-state index contributed by atoms with van der Waals surface area (Å²) >= 11 is 7.36. The van der Waals surface area contributed by atoms with Crippen molar-refractivity contribution in [2.24, 2.45) is 0 Å². The molecule has 0 bridgehead atoms. The van der Waals surface area contributed by atoms with Gasteiger partial charge in [0.2, 0.25) is 11.8 Å². The van der Waals surface area contributed by atoms with Crippen LogP contribution in [0.15, 0.2) is 42.5 Å². The molecule has 0 spiro atoms. The lowest BCUT2D eigenvalue weighted by molar-refractivity contribution is -0.139. The predicted octanol–water partition coefficient (Wildman–Crippen LogP) is 4.96. The number of halogens is 2. The van der Waals surface area contributed by atoms with Crippen LogP contribution < -0.4 is 5.32 Å². The Kier molecular flexibility index (Phi) is 9.66. The van der Waals surface area contributed by atoms with Crippen LogP contribution in [0.5, 0.6) is 0 Å². The molecule has 2 amide bonds. The Morgan fingerprint density at radius 3 is 2.47 bits per heavy atom. The minimum absolute atomic E-state index is 0.131. The number of hydrogen-bond donors (Lipinski definition) is 1. The third-order valence-corrected chi connectivity index (χ3v) is 6.04. The molecule has 0 radical (unpaired) electrons. The van der Waals surface area contributed by atoms with Gasteiger partial charge in [0.15, 0.2) is 0 Å². The summed E-state index contributed by atoms with van der Waals surface area (Å²) in [7, 11) is 0. The van der Waals surface area contributed by atoms with Crippen LogP contribution in [-0.4, -0.2) is 35.1 Å². The van der Waals surface area contributed by atoms with Crippen LogP contribution in [0.4, 0.5) is 4.39 Å². The van der Waals surface area contributed by atoms with Crippen molar-refractivity contribution in [2.45, 2.75) is 45.5 Å². The van der Waals surface area contributed by atoms with Crippen molar-refractivity contribution in [1.29, 1.82) is 0 Å². The third-order valence-electron chi connectivity index (χ3n) is 4.74. The summed E-state index contributed by atoms with van der Waals surface area (Å²) in [6, 6.07) is 11.9. The van der Waals surface area contributed by atoms with E-state index in [2.05, 4.69) is 5.32 Å². The van der Waals surface area contributed by atoms with Gasteiger partial charge in [0.05, 0.1) is 5.75 Å². The lowest BCUT2D eigenvalue weighted by atomic mass is 10.1. The van der Waals surface area contributed by atoms with E-state index in [1.165, 1.54) is 17.8 Å². The first-order valence-corrected chi connectivity index (χ1v) is 11.5. The fourth-order valence-electron chi connectivity index (χ4n) is 3.10. The van der Waals surface area contributed by atoms with Crippen LogP contribution in [0, 0.1) is 12.7 Å². The van der Waals surface area contributed by atoms with Gasteiger partial charge < -0.3 is 10.2 Å². The lowest BCUT2D eigenvalue weighted by Crippen LogP contribution is -2.49. The first-order chi connectivity index (χ1) is 14.4. The first-order valence-electron chi connectivity index (χ1n) is 10.0. The molecule has 0 aromatic heterocycles. The van der Waals surface area contributed by atoms with Gasteiger partial charge in [-0.3, -0.25) is 9.59 Å². The summed E-state index contributed by atoms with van der Waals surface area (Å²) in [5.41, 5.74) is 2.47. The summed E-state index contributed by atoms with van der Waals surface area (Å²) in [6.45, 7) is 6.59. The largest absolute Gasteiger partial charge is 0.355 e. The molecule has 7 heteroatoms. The fourth-order valence-corrected chi connectivity index (χ4v) is 4.34. The van der Waals surface area contributed by atoms with Gasteiger partial charge in [0, 0.05) is 29.4 Å². The minimum Gasteiger partial charge on any atom is -0.355 e. The quantitative estimate of drug-likeness (QED) is 0.556. The molecule has 0 fully saturated rings. The zero-order chi connectivity index (χ0) is 22.1. The maximum absolute atomic E-state index is 14.0. The van der Waals surface area contributed by atoms with Crippen molar-refractivity contribution in [3.8, 4) is 0 Å². The maximum atomic E-state index is 14.0. The summed E-state index contributed by atoms with van der Waals surface area (Å²) in [5, 5.41) is 3.16. The van der Waals surface area contributed by atoms with Crippen molar-refractivity contribution in [2.75, 3.05) is 12.3 Å². The molecule has 2 rings (SSSR count). The van der Waals surface area contributed by atoms with Crippen LogP contribution in [0.2, 0.25) is 5.02 Å². The fraction of sp³-hybridized carbons (Fsp3) is 0.391. The minimum atomic E-state index is -0.559. The summed E-state index contributed by atoms with van der Waals surface area (Å²) < 4.78 is 14.0. The van der Waals surface area contributed by atoms with E-state index in [-0.39, 0.29) is 29.1 Å². The van der Waals surface area contributed by atoms with E-state index in [4.69, 9.17) is 11.6 Å².